The molecule has 0 saturated heterocycles. The second kappa shape index (κ2) is 8.00. The van der Waals surface area contributed by atoms with Crippen molar-refractivity contribution < 1.29 is 0 Å². The minimum atomic E-state index is 0.301. The van der Waals surface area contributed by atoms with E-state index < -0.39 is 0 Å². The fourth-order valence-corrected chi connectivity index (χ4v) is 1.91. The Labute approximate surface area is 107 Å². The normalized spacial score (nSPS) is 10.2. The summed E-state index contributed by atoms with van der Waals surface area (Å²) in [4.78, 5) is 8.24. The first-order valence-corrected chi connectivity index (χ1v) is 7.27. The van der Waals surface area contributed by atoms with Crippen LogP contribution in [0.2, 0.25) is 0 Å². The van der Waals surface area contributed by atoms with Gasteiger partial charge in [-0.3, -0.25) is 0 Å². The second-order valence-corrected chi connectivity index (χ2v) is 4.64. The Bertz CT molecular complexity index is 332. The average molecular weight is 255 g/mol. The van der Waals surface area contributed by atoms with Gasteiger partial charge in [-0.1, -0.05) is 0 Å². The third-order valence-electron chi connectivity index (χ3n) is 2.18. The minimum absolute atomic E-state index is 0.301. The molecule has 5 nitrogen and oxygen atoms in total. The van der Waals surface area contributed by atoms with E-state index in [-0.39, 0.29) is 0 Å². The number of rotatable bonds is 8. The van der Waals surface area contributed by atoms with Gasteiger partial charge >= 0.3 is 0 Å². The fraction of sp³-hybridized carbons (Fsp3) is 0.636. The first-order valence-electron chi connectivity index (χ1n) is 5.87. The molecule has 0 aliphatic heterocycles. The lowest BCUT2D eigenvalue weighted by atomic mass is 10.3. The molecule has 0 spiro atoms. The number of hydrogen-bond donors (Lipinski definition) is 3. The summed E-state index contributed by atoms with van der Waals surface area (Å²) in [6.07, 6.45) is 4.48. The number of nitrogen functional groups attached to an aromatic ring is 1. The lowest BCUT2D eigenvalue weighted by molar-refractivity contribution is 0.839. The van der Waals surface area contributed by atoms with Crippen LogP contribution in [0.4, 0.5) is 17.6 Å². The van der Waals surface area contributed by atoms with Crippen molar-refractivity contribution in [2.24, 2.45) is 0 Å². The molecule has 0 unspecified atom stereocenters. The van der Waals surface area contributed by atoms with Gasteiger partial charge in [-0.25, -0.2) is 0 Å². The van der Waals surface area contributed by atoms with Crippen LogP contribution in [0, 0.1) is 0 Å². The summed E-state index contributed by atoms with van der Waals surface area (Å²) in [5, 5.41) is 6.39. The Morgan fingerprint density at radius 2 is 1.94 bits per heavy atom. The first kappa shape index (κ1) is 13.9. The predicted octanol–water partition coefficient (Wildman–Crippen LogP) is 2.05. The molecule has 1 rings (SSSR count). The molecule has 96 valence electrons. The summed E-state index contributed by atoms with van der Waals surface area (Å²) in [5.74, 6) is 3.07. The molecular formula is C11H21N5S. The molecule has 17 heavy (non-hydrogen) atoms. The highest BCUT2D eigenvalue weighted by molar-refractivity contribution is 7.98. The van der Waals surface area contributed by atoms with Gasteiger partial charge in [0.25, 0.3) is 0 Å². The van der Waals surface area contributed by atoms with E-state index in [1.54, 1.807) is 0 Å². The molecule has 1 heterocycles. The Kier molecular flexibility index (Phi) is 6.54. The van der Waals surface area contributed by atoms with Crippen molar-refractivity contribution in [3.05, 3.63) is 6.07 Å². The quantitative estimate of drug-likeness (QED) is 0.617. The molecule has 6 heteroatoms. The molecule has 0 amide bonds. The summed E-state index contributed by atoms with van der Waals surface area (Å²) >= 11 is 1.88. The van der Waals surface area contributed by atoms with E-state index in [2.05, 4.69) is 26.9 Å². The van der Waals surface area contributed by atoms with Crippen molar-refractivity contribution in [2.75, 3.05) is 41.5 Å². The molecule has 4 N–H and O–H groups in total. The van der Waals surface area contributed by atoms with E-state index in [0.717, 1.165) is 31.1 Å². The van der Waals surface area contributed by atoms with Gasteiger partial charge in [-0.15, -0.1) is 0 Å². The SMILES string of the molecule is CCNc1cc(NCCCCSC)nc(N)n1. The van der Waals surface area contributed by atoms with Gasteiger partial charge in [0.1, 0.15) is 11.6 Å². The van der Waals surface area contributed by atoms with Crippen LogP contribution >= 0.6 is 11.8 Å². The molecule has 0 bridgehead atoms. The topological polar surface area (TPSA) is 75.9 Å². The summed E-state index contributed by atoms with van der Waals surface area (Å²) in [6, 6.07) is 1.88. The van der Waals surface area contributed by atoms with Crippen molar-refractivity contribution in [1.82, 2.24) is 9.97 Å². The molecular weight excluding hydrogens is 234 g/mol. The summed E-state index contributed by atoms with van der Waals surface area (Å²) in [5.41, 5.74) is 5.64. The zero-order valence-electron chi connectivity index (χ0n) is 10.5. The van der Waals surface area contributed by atoms with Gasteiger partial charge in [0.2, 0.25) is 5.95 Å². The second-order valence-electron chi connectivity index (χ2n) is 3.65. The van der Waals surface area contributed by atoms with Crippen molar-refractivity contribution in [3.8, 4) is 0 Å². The van der Waals surface area contributed by atoms with Crippen LogP contribution < -0.4 is 16.4 Å². The van der Waals surface area contributed by atoms with Gasteiger partial charge in [0.15, 0.2) is 0 Å². The van der Waals surface area contributed by atoms with Crippen LogP contribution in [-0.2, 0) is 0 Å². The minimum Gasteiger partial charge on any atom is -0.370 e. The van der Waals surface area contributed by atoms with Crippen LogP contribution in [0.1, 0.15) is 19.8 Å². The molecule has 0 fully saturated rings. The average Bonchev–Trinajstić information content (AvgIpc) is 2.28. The van der Waals surface area contributed by atoms with E-state index in [4.69, 9.17) is 5.73 Å². The lowest BCUT2D eigenvalue weighted by Crippen LogP contribution is -2.08. The smallest absolute Gasteiger partial charge is 0.223 e. The van der Waals surface area contributed by atoms with Crippen LogP contribution in [0.25, 0.3) is 0 Å². The molecule has 1 aromatic heterocycles. The number of thioether (sulfide) groups is 1. The highest BCUT2D eigenvalue weighted by atomic mass is 32.2. The maximum absolute atomic E-state index is 5.64. The number of hydrogen-bond acceptors (Lipinski definition) is 6. The number of aromatic nitrogens is 2. The highest BCUT2D eigenvalue weighted by Gasteiger charge is 2.00. The molecule has 0 aliphatic carbocycles. The summed E-state index contributed by atoms with van der Waals surface area (Å²) in [6.45, 7) is 3.76. The standard InChI is InChI=1S/C11H21N5S/c1-3-13-9-8-10(16-11(12)15-9)14-6-4-5-7-17-2/h8H,3-7H2,1-2H3,(H4,12,13,14,15,16). The third-order valence-corrected chi connectivity index (χ3v) is 2.88. The monoisotopic (exact) mass is 255 g/mol. The Morgan fingerprint density at radius 1 is 1.24 bits per heavy atom. The summed E-state index contributed by atoms with van der Waals surface area (Å²) in [7, 11) is 0. The van der Waals surface area contributed by atoms with Gasteiger partial charge < -0.3 is 16.4 Å². The van der Waals surface area contributed by atoms with Gasteiger partial charge in [-0.2, -0.15) is 21.7 Å². The number of nitrogens with two attached hydrogens (primary N) is 1. The Hall–Kier alpha value is -1.17. The zero-order valence-corrected chi connectivity index (χ0v) is 11.3. The molecule has 0 radical (unpaired) electrons. The number of unbranched alkanes of at least 4 members (excludes halogenated alkanes) is 1. The van der Waals surface area contributed by atoms with E-state index in [0.29, 0.717) is 5.95 Å². The summed E-state index contributed by atoms with van der Waals surface area (Å²) < 4.78 is 0. The van der Waals surface area contributed by atoms with Gasteiger partial charge in [-0.05, 0) is 31.8 Å². The van der Waals surface area contributed by atoms with Crippen LogP contribution in [0.5, 0.6) is 0 Å². The van der Waals surface area contributed by atoms with E-state index in [9.17, 15) is 0 Å². The lowest BCUT2D eigenvalue weighted by Gasteiger charge is -2.08. The molecule has 1 aromatic rings. The molecule has 0 saturated carbocycles. The first-order chi connectivity index (χ1) is 8.26. The number of nitrogens with one attached hydrogen (secondary N) is 2. The van der Waals surface area contributed by atoms with Crippen molar-refractivity contribution in [1.29, 1.82) is 0 Å². The zero-order chi connectivity index (χ0) is 12.5. The molecule has 0 aromatic carbocycles. The largest absolute Gasteiger partial charge is 0.370 e. The van der Waals surface area contributed by atoms with E-state index in [1.807, 2.05) is 24.8 Å². The predicted molar refractivity (Wildman–Crippen MR) is 76.7 cm³/mol. The maximum Gasteiger partial charge on any atom is 0.223 e. The molecule has 0 aliphatic rings. The van der Waals surface area contributed by atoms with Crippen LogP contribution in [-0.4, -0.2) is 35.1 Å². The van der Waals surface area contributed by atoms with Crippen LogP contribution in [0.3, 0.4) is 0 Å². The fourth-order valence-electron chi connectivity index (χ4n) is 1.42. The number of anilines is 3. The Balaban J connectivity index is 2.41. The van der Waals surface area contributed by atoms with E-state index >= 15 is 0 Å². The highest BCUT2D eigenvalue weighted by Crippen LogP contribution is 2.12. The third kappa shape index (κ3) is 5.63. The Morgan fingerprint density at radius 3 is 2.59 bits per heavy atom. The van der Waals surface area contributed by atoms with Crippen LogP contribution in [0.15, 0.2) is 6.07 Å². The van der Waals surface area contributed by atoms with Gasteiger partial charge in [0.05, 0.1) is 0 Å². The van der Waals surface area contributed by atoms with Crippen molar-refractivity contribution in [3.63, 3.8) is 0 Å². The molecule has 0 atom stereocenters. The maximum atomic E-state index is 5.64. The van der Waals surface area contributed by atoms with Crippen molar-refractivity contribution >= 4 is 29.3 Å². The number of nitrogens with zero attached hydrogens (tertiary/aromatic N) is 2. The van der Waals surface area contributed by atoms with Crippen molar-refractivity contribution in [2.45, 2.75) is 19.8 Å². The van der Waals surface area contributed by atoms with E-state index in [1.165, 1.54) is 12.2 Å². The van der Waals surface area contributed by atoms with Gasteiger partial charge in [0, 0.05) is 19.2 Å².